The number of nitrogens with one attached hydrogen (secondary N) is 1. The number of hydrogen-bond acceptors (Lipinski definition) is 4. The lowest BCUT2D eigenvalue weighted by Gasteiger charge is -2.15. The summed E-state index contributed by atoms with van der Waals surface area (Å²) in [4.78, 5) is 1.19. The quantitative estimate of drug-likeness (QED) is 0.846. The molecule has 0 amide bonds. The lowest BCUT2D eigenvalue weighted by atomic mass is 10.1. The van der Waals surface area contributed by atoms with Gasteiger partial charge in [0.2, 0.25) is 0 Å². The molecule has 3 N–H and O–H groups in total. The molecular weight excluding hydrogens is 268 g/mol. The molecule has 0 aliphatic heterocycles. The van der Waals surface area contributed by atoms with Gasteiger partial charge >= 0.3 is 0 Å². The second-order valence-corrected chi connectivity index (χ2v) is 6.14. The van der Waals surface area contributed by atoms with Gasteiger partial charge in [-0.1, -0.05) is 12.1 Å². The lowest BCUT2D eigenvalue weighted by Crippen LogP contribution is -2.18. The van der Waals surface area contributed by atoms with E-state index in [1.54, 1.807) is 11.3 Å². The van der Waals surface area contributed by atoms with E-state index in [4.69, 9.17) is 10.5 Å². The summed E-state index contributed by atoms with van der Waals surface area (Å²) in [5, 5.41) is 5.51. The number of ether oxygens (including phenoxy) is 1. The summed E-state index contributed by atoms with van der Waals surface area (Å²) in [6.45, 7) is 7.02. The number of rotatable bonds is 6. The predicted molar refractivity (Wildman–Crippen MR) is 86.2 cm³/mol. The first kappa shape index (κ1) is 14.9. The van der Waals surface area contributed by atoms with Crippen molar-refractivity contribution in [3.8, 4) is 5.75 Å². The standard InChI is InChI=1S/C16H22N2OS/c1-11(2)19-14-6-4-13(5-7-14)12(3)18-10-16-15(17)8-9-20-16/h4-9,11-12,18H,10,17H2,1-3H3. The second kappa shape index (κ2) is 6.77. The van der Waals surface area contributed by atoms with Gasteiger partial charge < -0.3 is 15.8 Å². The fourth-order valence-electron chi connectivity index (χ4n) is 1.97. The number of nitrogen functional groups attached to an aromatic ring is 1. The summed E-state index contributed by atoms with van der Waals surface area (Å²) >= 11 is 1.69. The van der Waals surface area contributed by atoms with Gasteiger partial charge in [0.15, 0.2) is 0 Å². The number of thiophene rings is 1. The largest absolute Gasteiger partial charge is 0.491 e. The molecule has 0 aliphatic carbocycles. The van der Waals surface area contributed by atoms with Crippen molar-refractivity contribution in [3.63, 3.8) is 0 Å². The molecule has 20 heavy (non-hydrogen) atoms. The van der Waals surface area contributed by atoms with Crippen LogP contribution in [-0.2, 0) is 6.54 Å². The monoisotopic (exact) mass is 290 g/mol. The molecule has 0 saturated carbocycles. The van der Waals surface area contributed by atoms with Crippen molar-refractivity contribution in [3.05, 3.63) is 46.2 Å². The van der Waals surface area contributed by atoms with Gasteiger partial charge in [0.05, 0.1) is 6.10 Å². The first-order valence-electron chi connectivity index (χ1n) is 6.88. The van der Waals surface area contributed by atoms with Crippen LogP contribution < -0.4 is 15.8 Å². The minimum atomic E-state index is 0.207. The summed E-state index contributed by atoms with van der Waals surface area (Å²) in [5.74, 6) is 0.915. The summed E-state index contributed by atoms with van der Waals surface area (Å²) in [7, 11) is 0. The Morgan fingerprint density at radius 2 is 1.85 bits per heavy atom. The van der Waals surface area contributed by atoms with Crippen molar-refractivity contribution in [2.24, 2.45) is 0 Å². The summed E-state index contributed by atoms with van der Waals surface area (Å²) in [6, 6.07) is 10.5. The van der Waals surface area contributed by atoms with Gasteiger partial charge in [-0.05, 0) is 49.9 Å². The Balaban J connectivity index is 1.92. The SMILES string of the molecule is CC(C)Oc1ccc(C(C)NCc2sccc2N)cc1. The van der Waals surface area contributed by atoms with Gasteiger partial charge in [-0.2, -0.15) is 0 Å². The summed E-state index contributed by atoms with van der Waals surface area (Å²) < 4.78 is 5.65. The predicted octanol–water partition coefficient (Wildman–Crippen LogP) is 3.97. The van der Waals surface area contributed by atoms with E-state index >= 15 is 0 Å². The molecule has 1 aromatic heterocycles. The van der Waals surface area contributed by atoms with Crippen LogP contribution in [0.15, 0.2) is 35.7 Å². The fourth-order valence-corrected chi connectivity index (χ4v) is 2.71. The zero-order chi connectivity index (χ0) is 14.5. The maximum Gasteiger partial charge on any atom is 0.119 e. The van der Waals surface area contributed by atoms with Crippen molar-refractivity contribution < 1.29 is 4.74 Å². The highest BCUT2D eigenvalue weighted by Crippen LogP contribution is 2.22. The van der Waals surface area contributed by atoms with Crippen molar-refractivity contribution in [1.29, 1.82) is 0 Å². The first-order chi connectivity index (χ1) is 9.56. The maximum absolute atomic E-state index is 5.89. The Bertz CT molecular complexity index is 534. The van der Waals surface area contributed by atoms with Crippen LogP contribution in [0.3, 0.4) is 0 Å². The minimum Gasteiger partial charge on any atom is -0.491 e. The van der Waals surface area contributed by atoms with Crippen LogP contribution in [0.2, 0.25) is 0 Å². The molecular formula is C16H22N2OS. The van der Waals surface area contributed by atoms with E-state index in [0.717, 1.165) is 18.0 Å². The molecule has 3 nitrogen and oxygen atoms in total. The third-order valence-corrected chi connectivity index (χ3v) is 4.04. The van der Waals surface area contributed by atoms with Crippen LogP contribution in [-0.4, -0.2) is 6.10 Å². The molecule has 0 fully saturated rings. The van der Waals surface area contributed by atoms with Gasteiger partial charge in [-0.25, -0.2) is 0 Å². The van der Waals surface area contributed by atoms with E-state index in [9.17, 15) is 0 Å². The highest BCUT2D eigenvalue weighted by molar-refractivity contribution is 7.10. The Hall–Kier alpha value is -1.52. The van der Waals surface area contributed by atoms with Crippen molar-refractivity contribution in [1.82, 2.24) is 5.32 Å². The molecule has 0 bridgehead atoms. The topological polar surface area (TPSA) is 47.3 Å². The van der Waals surface area contributed by atoms with Crippen molar-refractivity contribution in [2.45, 2.75) is 39.5 Å². The minimum absolute atomic E-state index is 0.207. The van der Waals surface area contributed by atoms with E-state index in [0.29, 0.717) is 0 Å². The number of hydrogen-bond donors (Lipinski definition) is 2. The third kappa shape index (κ3) is 3.99. The van der Waals surface area contributed by atoms with E-state index in [2.05, 4.69) is 24.4 Å². The molecule has 0 aliphatic rings. The van der Waals surface area contributed by atoms with Crippen LogP contribution in [0.25, 0.3) is 0 Å². The fraction of sp³-hybridized carbons (Fsp3) is 0.375. The molecule has 1 heterocycles. The second-order valence-electron chi connectivity index (χ2n) is 5.14. The highest BCUT2D eigenvalue weighted by Gasteiger charge is 2.07. The van der Waals surface area contributed by atoms with Gasteiger partial charge in [-0.15, -0.1) is 11.3 Å². The average molecular weight is 290 g/mol. The van der Waals surface area contributed by atoms with Gasteiger partial charge in [0.25, 0.3) is 0 Å². The highest BCUT2D eigenvalue weighted by atomic mass is 32.1. The zero-order valence-electron chi connectivity index (χ0n) is 12.2. The van der Waals surface area contributed by atoms with Crippen LogP contribution in [0, 0.1) is 0 Å². The van der Waals surface area contributed by atoms with Gasteiger partial charge in [-0.3, -0.25) is 0 Å². The third-order valence-electron chi connectivity index (χ3n) is 3.10. The number of anilines is 1. The molecule has 1 unspecified atom stereocenters. The van der Waals surface area contributed by atoms with Crippen LogP contribution in [0.4, 0.5) is 5.69 Å². The van der Waals surface area contributed by atoms with Crippen LogP contribution in [0.5, 0.6) is 5.75 Å². The molecule has 0 spiro atoms. The Morgan fingerprint density at radius 3 is 2.40 bits per heavy atom. The van der Waals surface area contributed by atoms with Crippen LogP contribution >= 0.6 is 11.3 Å². The molecule has 4 heteroatoms. The van der Waals surface area contributed by atoms with E-state index in [1.165, 1.54) is 10.4 Å². The smallest absolute Gasteiger partial charge is 0.119 e. The van der Waals surface area contributed by atoms with Crippen molar-refractivity contribution >= 4 is 17.0 Å². The lowest BCUT2D eigenvalue weighted by molar-refractivity contribution is 0.242. The Kier molecular flexibility index (Phi) is 5.04. The van der Waals surface area contributed by atoms with Gasteiger partial charge in [0.1, 0.15) is 5.75 Å². The van der Waals surface area contributed by atoms with E-state index < -0.39 is 0 Å². The Labute approximate surface area is 124 Å². The molecule has 108 valence electrons. The molecule has 2 rings (SSSR count). The zero-order valence-corrected chi connectivity index (χ0v) is 13.0. The molecule has 1 atom stereocenters. The van der Waals surface area contributed by atoms with E-state index in [1.807, 2.05) is 37.4 Å². The number of benzene rings is 1. The molecule has 0 radical (unpaired) electrons. The molecule has 1 aromatic carbocycles. The summed E-state index contributed by atoms with van der Waals surface area (Å²) in [6.07, 6.45) is 0.207. The van der Waals surface area contributed by atoms with Crippen molar-refractivity contribution in [2.75, 3.05) is 5.73 Å². The maximum atomic E-state index is 5.89. The Morgan fingerprint density at radius 1 is 1.15 bits per heavy atom. The molecule has 2 aromatic rings. The normalized spacial score (nSPS) is 12.6. The molecule has 0 saturated heterocycles. The average Bonchev–Trinajstić information content (AvgIpc) is 2.82. The number of nitrogens with two attached hydrogens (primary N) is 1. The van der Waals surface area contributed by atoms with Crippen LogP contribution in [0.1, 0.15) is 37.3 Å². The van der Waals surface area contributed by atoms with Gasteiger partial charge in [0, 0.05) is 23.2 Å². The first-order valence-corrected chi connectivity index (χ1v) is 7.76. The summed E-state index contributed by atoms with van der Waals surface area (Å²) in [5.41, 5.74) is 8.00. The van der Waals surface area contributed by atoms with E-state index in [-0.39, 0.29) is 12.1 Å².